The Balaban J connectivity index is 1.18. The van der Waals surface area contributed by atoms with Crippen LogP contribution in [0.3, 0.4) is 0 Å². The van der Waals surface area contributed by atoms with E-state index in [9.17, 15) is 19.2 Å². The lowest BCUT2D eigenvalue weighted by molar-refractivity contribution is -0.150. The lowest BCUT2D eigenvalue weighted by atomic mass is 9.47. The SMILES string of the molecule is CCOC(=O)CCN(CC(=O)OCC)C(=O)CCCCCNC(=O)O[C@H]1CC[C@@]2(C)C(=CCC3C4CCC([C@@H](C)CCCC(C)C)[C@@]4(C)CCC32)C1. The summed E-state index contributed by atoms with van der Waals surface area (Å²) in [5.41, 5.74) is 2.25. The monoisotopic (exact) mass is 729 g/mol. The number of nitrogens with zero attached hydrogens (tertiary/aromatic N) is 1. The van der Waals surface area contributed by atoms with Gasteiger partial charge < -0.3 is 24.4 Å². The number of fused-ring (bicyclic) bond motifs is 5. The summed E-state index contributed by atoms with van der Waals surface area (Å²) in [6, 6.07) is 0. The molecule has 4 aliphatic carbocycles. The van der Waals surface area contributed by atoms with Crippen molar-refractivity contribution in [1.29, 1.82) is 0 Å². The molecule has 0 heterocycles. The largest absolute Gasteiger partial charge is 0.466 e. The van der Waals surface area contributed by atoms with E-state index in [2.05, 4.69) is 46.0 Å². The van der Waals surface area contributed by atoms with Crippen molar-refractivity contribution in [3.8, 4) is 0 Å². The van der Waals surface area contributed by atoms with Crippen LogP contribution in [0.5, 0.6) is 0 Å². The van der Waals surface area contributed by atoms with Gasteiger partial charge in [-0.15, -0.1) is 0 Å². The number of hydrogen-bond donors (Lipinski definition) is 1. The molecule has 0 spiro atoms. The first-order chi connectivity index (χ1) is 24.8. The highest BCUT2D eigenvalue weighted by atomic mass is 16.6. The maximum Gasteiger partial charge on any atom is 0.407 e. The van der Waals surface area contributed by atoms with E-state index in [0.717, 1.165) is 67.6 Å². The molecule has 0 bridgehead atoms. The molecule has 1 N–H and O–H groups in total. The highest BCUT2D eigenvalue weighted by Crippen LogP contribution is 2.67. The van der Waals surface area contributed by atoms with Crippen LogP contribution in [0.25, 0.3) is 0 Å². The van der Waals surface area contributed by atoms with Crippen LogP contribution in [-0.2, 0) is 28.6 Å². The third-order valence-corrected chi connectivity index (χ3v) is 13.7. The maximum absolute atomic E-state index is 12.8. The maximum atomic E-state index is 12.8. The van der Waals surface area contributed by atoms with Gasteiger partial charge in [-0.2, -0.15) is 0 Å². The summed E-state index contributed by atoms with van der Waals surface area (Å²) in [4.78, 5) is 50.8. The molecular formula is C43H72N2O7. The van der Waals surface area contributed by atoms with Crippen molar-refractivity contribution in [3.63, 3.8) is 0 Å². The molecule has 4 rings (SSSR count). The number of carbonyl (C=O) groups is 4. The molecule has 0 saturated heterocycles. The van der Waals surface area contributed by atoms with E-state index >= 15 is 0 Å². The topological polar surface area (TPSA) is 111 Å². The van der Waals surface area contributed by atoms with Crippen LogP contribution in [0.4, 0.5) is 4.79 Å². The zero-order valence-corrected chi connectivity index (χ0v) is 33.8. The third kappa shape index (κ3) is 10.8. The van der Waals surface area contributed by atoms with Gasteiger partial charge in [0.15, 0.2) is 0 Å². The van der Waals surface area contributed by atoms with Crippen molar-refractivity contribution in [2.75, 3.05) is 32.8 Å². The molecule has 0 aromatic rings. The van der Waals surface area contributed by atoms with E-state index in [1.807, 2.05) is 0 Å². The smallest absolute Gasteiger partial charge is 0.407 e. The Hall–Kier alpha value is -2.58. The minimum atomic E-state index is -0.495. The zero-order valence-electron chi connectivity index (χ0n) is 33.8. The van der Waals surface area contributed by atoms with E-state index in [1.54, 1.807) is 13.8 Å². The van der Waals surface area contributed by atoms with Crippen molar-refractivity contribution in [2.45, 2.75) is 157 Å². The molecule has 9 nitrogen and oxygen atoms in total. The summed E-state index contributed by atoms with van der Waals surface area (Å²) in [5.74, 6) is 3.79. The number of hydrogen-bond acceptors (Lipinski definition) is 7. The van der Waals surface area contributed by atoms with Gasteiger partial charge in [0.1, 0.15) is 12.6 Å². The number of esters is 2. The van der Waals surface area contributed by atoms with Gasteiger partial charge in [-0.05, 0) is 118 Å². The summed E-state index contributed by atoms with van der Waals surface area (Å²) in [7, 11) is 0. The number of alkyl carbamates (subject to hydrolysis) is 1. The molecule has 3 fully saturated rings. The van der Waals surface area contributed by atoms with Crippen molar-refractivity contribution in [3.05, 3.63) is 11.6 Å². The second-order valence-corrected chi connectivity index (χ2v) is 17.5. The molecule has 4 unspecified atom stereocenters. The van der Waals surface area contributed by atoms with Crippen LogP contribution in [-0.4, -0.2) is 67.8 Å². The summed E-state index contributed by atoms with van der Waals surface area (Å²) in [5, 5.41) is 2.92. The van der Waals surface area contributed by atoms with Crippen LogP contribution in [0.15, 0.2) is 11.6 Å². The minimum absolute atomic E-state index is 0.0300. The molecule has 4 aliphatic rings. The molecule has 2 amide bonds. The van der Waals surface area contributed by atoms with Crippen molar-refractivity contribution < 1.29 is 33.4 Å². The molecule has 0 radical (unpaired) electrons. The lowest BCUT2D eigenvalue weighted by Gasteiger charge is -2.58. The average molecular weight is 729 g/mol. The molecular weight excluding hydrogens is 656 g/mol. The summed E-state index contributed by atoms with van der Waals surface area (Å²) in [6.07, 6.45) is 18.2. The minimum Gasteiger partial charge on any atom is -0.466 e. The Morgan fingerprint density at radius 3 is 2.35 bits per heavy atom. The number of unbranched alkanes of at least 4 members (excludes halogenated alkanes) is 2. The van der Waals surface area contributed by atoms with Crippen LogP contribution in [0.1, 0.15) is 151 Å². The second kappa shape index (κ2) is 19.7. The van der Waals surface area contributed by atoms with Crippen LogP contribution in [0, 0.1) is 46.3 Å². The van der Waals surface area contributed by atoms with E-state index in [0.29, 0.717) is 18.4 Å². The predicted octanol–water partition coefficient (Wildman–Crippen LogP) is 9.03. The Bertz CT molecular complexity index is 1230. The number of nitrogens with one attached hydrogen (secondary N) is 1. The number of amides is 2. The molecule has 9 heteroatoms. The summed E-state index contributed by atoms with van der Waals surface area (Å²) < 4.78 is 15.9. The first-order valence-electron chi connectivity index (χ1n) is 21.0. The van der Waals surface area contributed by atoms with Crippen LogP contribution in [0.2, 0.25) is 0 Å². The van der Waals surface area contributed by atoms with Gasteiger partial charge in [-0.25, -0.2) is 4.79 Å². The molecule has 0 aromatic heterocycles. The molecule has 0 aliphatic heterocycles. The van der Waals surface area contributed by atoms with Crippen LogP contribution >= 0.6 is 0 Å². The number of ether oxygens (including phenoxy) is 3. The predicted molar refractivity (Wildman–Crippen MR) is 204 cm³/mol. The molecule has 296 valence electrons. The molecule has 0 aromatic carbocycles. The third-order valence-electron chi connectivity index (χ3n) is 13.7. The first-order valence-corrected chi connectivity index (χ1v) is 21.0. The summed E-state index contributed by atoms with van der Waals surface area (Å²) in [6.45, 7) is 16.8. The van der Waals surface area contributed by atoms with Crippen LogP contribution < -0.4 is 5.32 Å². The highest BCUT2D eigenvalue weighted by molar-refractivity contribution is 5.82. The molecule has 8 atom stereocenters. The Morgan fingerprint density at radius 1 is 0.865 bits per heavy atom. The highest BCUT2D eigenvalue weighted by Gasteiger charge is 2.59. The van der Waals surface area contributed by atoms with E-state index in [1.165, 1.54) is 61.8 Å². The second-order valence-electron chi connectivity index (χ2n) is 17.5. The Labute approximate surface area is 315 Å². The van der Waals surface area contributed by atoms with E-state index in [4.69, 9.17) is 14.2 Å². The normalized spacial score (nSPS) is 29.9. The van der Waals surface area contributed by atoms with E-state index < -0.39 is 11.9 Å². The first kappa shape index (κ1) is 42.2. The van der Waals surface area contributed by atoms with E-state index in [-0.39, 0.29) is 62.7 Å². The van der Waals surface area contributed by atoms with Gasteiger partial charge in [0, 0.05) is 25.9 Å². The van der Waals surface area contributed by atoms with Crippen molar-refractivity contribution in [1.82, 2.24) is 10.2 Å². The lowest BCUT2D eigenvalue weighted by Crippen LogP contribution is -2.51. The van der Waals surface area contributed by atoms with Gasteiger partial charge in [0.2, 0.25) is 5.91 Å². The quantitative estimate of drug-likeness (QED) is 0.0612. The number of rotatable bonds is 19. The summed E-state index contributed by atoms with van der Waals surface area (Å²) >= 11 is 0. The number of carbonyl (C=O) groups excluding carboxylic acids is 4. The van der Waals surface area contributed by atoms with Gasteiger partial charge in [-0.1, -0.05) is 72.0 Å². The Morgan fingerprint density at radius 2 is 1.62 bits per heavy atom. The van der Waals surface area contributed by atoms with Gasteiger partial charge in [0.05, 0.1) is 19.6 Å². The fraction of sp³-hybridized carbons (Fsp3) is 0.860. The zero-order chi connectivity index (χ0) is 37.9. The fourth-order valence-corrected chi connectivity index (χ4v) is 11.0. The van der Waals surface area contributed by atoms with Crippen molar-refractivity contribution >= 4 is 23.9 Å². The molecule has 52 heavy (non-hydrogen) atoms. The standard InChI is InChI=1S/C43H72N2O7/c1-8-50-39(47)23-27-45(29-40(48)51-9-2)38(46)16-11-10-12-26-44-41(49)52-33-21-24-42(6)32(28-33)17-18-34-36-20-19-35(31(5)15-13-14-30(3)4)43(36,7)25-22-37(34)42/h17,30-31,33-37H,8-16,18-29H2,1-7H3,(H,44,49)/t31-,33-,34?,35?,36?,37?,42-,43+/m0/s1. The fourth-order valence-electron chi connectivity index (χ4n) is 11.0. The average Bonchev–Trinajstić information content (AvgIpc) is 3.45. The van der Waals surface area contributed by atoms with Gasteiger partial charge >= 0.3 is 18.0 Å². The number of allylic oxidation sites excluding steroid dienone is 1. The van der Waals surface area contributed by atoms with Crippen molar-refractivity contribution in [2.24, 2.45) is 46.3 Å². The van der Waals surface area contributed by atoms with Gasteiger partial charge in [0.25, 0.3) is 0 Å². The Kier molecular flexibility index (Phi) is 15.9. The van der Waals surface area contributed by atoms with Gasteiger partial charge in [-0.3, -0.25) is 14.4 Å². The molecule has 3 saturated carbocycles.